The predicted molar refractivity (Wildman–Crippen MR) is 93.5 cm³/mol. The molecular weight excluding hydrogens is 363 g/mol. The van der Waals surface area contributed by atoms with Crippen LogP contribution in [0.2, 0.25) is 0 Å². The molecule has 142 valence electrons. The molecule has 4 N–H and O–H groups in total. The summed E-state index contributed by atoms with van der Waals surface area (Å²) in [5.41, 5.74) is 5.22. The molecule has 10 heteroatoms. The molecule has 3 rings (SSSR count). The van der Waals surface area contributed by atoms with Crippen LogP contribution in [-0.4, -0.2) is 27.2 Å². The number of ether oxygens (including phenoxy) is 1. The number of benzene rings is 1. The number of pyridine rings is 1. The molecule has 0 aliphatic heterocycles. The van der Waals surface area contributed by atoms with Gasteiger partial charge in [-0.1, -0.05) is 0 Å². The molecule has 1 aromatic carbocycles. The number of methoxy groups -OCH3 is 1. The van der Waals surface area contributed by atoms with E-state index in [4.69, 9.17) is 10.5 Å². The summed E-state index contributed by atoms with van der Waals surface area (Å²) in [6, 6.07) is 5.24. The first-order chi connectivity index (χ1) is 12.7. The second-order valence-corrected chi connectivity index (χ2v) is 5.80. The first kappa shape index (κ1) is 18.5. The average molecular weight is 379 g/mol. The van der Waals surface area contributed by atoms with Gasteiger partial charge in [-0.2, -0.15) is 13.2 Å². The highest BCUT2D eigenvalue weighted by Gasteiger charge is 2.33. The molecule has 0 bridgehead atoms. The Bertz CT molecular complexity index is 1010. The van der Waals surface area contributed by atoms with Gasteiger partial charge in [-0.05, 0) is 30.7 Å². The summed E-state index contributed by atoms with van der Waals surface area (Å²) < 4.78 is 43.7. The lowest BCUT2D eigenvalue weighted by Crippen LogP contribution is -2.12. The number of aromatic nitrogens is 3. The summed E-state index contributed by atoms with van der Waals surface area (Å²) in [6.45, 7) is 1.70. The molecule has 0 unspecified atom stereocenters. The molecule has 3 aromatic rings. The minimum atomic E-state index is -4.59. The number of nitrogens with two attached hydrogens (primary N) is 1. The number of aryl methyl sites for hydroxylation is 1. The third-order valence-electron chi connectivity index (χ3n) is 3.76. The van der Waals surface area contributed by atoms with Gasteiger partial charge in [-0.15, -0.1) is 0 Å². The van der Waals surface area contributed by atoms with E-state index < -0.39 is 11.9 Å². The van der Waals surface area contributed by atoms with Crippen LogP contribution >= 0.6 is 0 Å². The van der Waals surface area contributed by atoms with Crippen molar-refractivity contribution in [3.05, 3.63) is 41.3 Å². The average Bonchev–Trinajstić information content (AvgIpc) is 2.58. The van der Waals surface area contributed by atoms with E-state index in [1.54, 1.807) is 13.0 Å². The van der Waals surface area contributed by atoms with Gasteiger partial charge in [0.25, 0.3) is 0 Å². The van der Waals surface area contributed by atoms with Gasteiger partial charge in [0, 0.05) is 18.0 Å². The number of alkyl halides is 3. The second-order valence-electron chi connectivity index (χ2n) is 5.80. The fourth-order valence-electron chi connectivity index (χ4n) is 2.60. The lowest BCUT2D eigenvalue weighted by molar-refractivity contribution is -0.141. The number of halogens is 3. The van der Waals surface area contributed by atoms with Gasteiger partial charge in [-0.3, -0.25) is 0 Å². The Kier molecular flexibility index (Phi) is 4.64. The van der Waals surface area contributed by atoms with Crippen molar-refractivity contribution in [3.63, 3.8) is 0 Å². The maximum Gasteiger partial charge on any atom is 0.433 e. The number of fused-ring (bicyclic) bond motifs is 1. The van der Waals surface area contributed by atoms with Crippen LogP contribution < -0.4 is 15.8 Å². The summed E-state index contributed by atoms with van der Waals surface area (Å²) in [6.07, 6.45) is -4.59. The molecule has 7 nitrogen and oxygen atoms in total. The van der Waals surface area contributed by atoms with Crippen LogP contribution in [0.5, 0.6) is 11.5 Å². The monoisotopic (exact) mass is 379 g/mol. The Hall–Kier alpha value is -3.30. The number of rotatable bonds is 4. The van der Waals surface area contributed by atoms with E-state index in [0.717, 1.165) is 6.07 Å². The van der Waals surface area contributed by atoms with Gasteiger partial charge in [0.1, 0.15) is 23.2 Å². The van der Waals surface area contributed by atoms with E-state index in [-0.39, 0.29) is 29.4 Å². The molecule has 0 radical (unpaired) electrons. The van der Waals surface area contributed by atoms with Gasteiger partial charge >= 0.3 is 6.18 Å². The van der Waals surface area contributed by atoms with Gasteiger partial charge in [0.05, 0.1) is 12.6 Å². The molecular formula is C17H16F3N5O2. The highest BCUT2D eigenvalue weighted by molar-refractivity contribution is 5.91. The topological polar surface area (TPSA) is 106 Å². The quantitative estimate of drug-likeness (QED) is 0.639. The van der Waals surface area contributed by atoms with Crippen LogP contribution in [0.4, 0.5) is 24.8 Å². The minimum Gasteiger partial charge on any atom is -0.504 e. The largest absolute Gasteiger partial charge is 0.504 e. The second kappa shape index (κ2) is 6.78. The van der Waals surface area contributed by atoms with Crippen molar-refractivity contribution in [3.8, 4) is 11.5 Å². The Labute approximate surface area is 152 Å². The van der Waals surface area contributed by atoms with Crippen LogP contribution in [-0.2, 0) is 12.7 Å². The molecule has 2 aromatic heterocycles. The normalized spacial score (nSPS) is 11.6. The molecule has 27 heavy (non-hydrogen) atoms. The van der Waals surface area contributed by atoms with E-state index in [1.807, 2.05) is 0 Å². The molecule has 0 saturated heterocycles. The number of hydrogen-bond donors (Lipinski definition) is 3. The smallest absolute Gasteiger partial charge is 0.433 e. The fraction of sp³-hybridized carbons (Fsp3) is 0.235. The Morgan fingerprint density at radius 3 is 2.56 bits per heavy atom. The van der Waals surface area contributed by atoms with Crippen molar-refractivity contribution in [2.24, 2.45) is 0 Å². The number of phenols is 1. The van der Waals surface area contributed by atoms with E-state index in [0.29, 0.717) is 22.5 Å². The third kappa shape index (κ3) is 3.94. The molecule has 0 aliphatic rings. The Morgan fingerprint density at radius 1 is 1.15 bits per heavy atom. The number of aromatic hydroxyl groups is 1. The molecule has 0 fully saturated rings. The Morgan fingerprint density at radius 2 is 1.89 bits per heavy atom. The maximum atomic E-state index is 12.9. The fourth-order valence-corrected chi connectivity index (χ4v) is 2.60. The van der Waals surface area contributed by atoms with Crippen molar-refractivity contribution in [1.82, 2.24) is 15.0 Å². The lowest BCUT2D eigenvalue weighted by Gasteiger charge is -2.13. The van der Waals surface area contributed by atoms with Crippen molar-refractivity contribution in [2.45, 2.75) is 19.6 Å². The number of nitrogen functional groups attached to an aromatic ring is 1. The van der Waals surface area contributed by atoms with Crippen molar-refractivity contribution in [1.29, 1.82) is 0 Å². The maximum absolute atomic E-state index is 12.9. The SMILES string of the molecule is COc1cc2nc(C)nc(NCc3cc(N)nc(C(F)(F)F)c3)c2cc1O. The van der Waals surface area contributed by atoms with Crippen LogP contribution in [0.3, 0.4) is 0 Å². The summed E-state index contributed by atoms with van der Waals surface area (Å²) in [4.78, 5) is 11.9. The number of hydrogen-bond acceptors (Lipinski definition) is 7. The van der Waals surface area contributed by atoms with E-state index in [9.17, 15) is 18.3 Å². The predicted octanol–water partition coefficient (Wildman–Crippen LogP) is 3.26. The van der Waals surface area contributed by atoms with Gasteiger partial charge < -0.3 is 20.9 Å². The van der Waals surface area contributed by atoms with E-state index >= 15 is 0 Å². The molecule has 2 heterocycles. The molecule has 0 aliphatic carbocycles. The van der Waals surface area contributed by atoms with E-state index in [2.05, 4.69) is 20.3 Å². The summed E-state index contributed by atoms with van der Waals surface area (Å²) in [5.74, 6) is 0.728. The zero-order chi connectivity index (χ0) is 19.8. The number of anilines is 2. The summed E-state index contributed by atoms with van der Waals surface area (Å²) in [5, 5.41) is 13.5. The first-order valence-electron chi connectivity index (χ1n) is 7.80. The zero-order valence-corrected chi connectivity index (χ0v) is 14.4. The van der Waals surface area contributed by atoms with Gasteiger partial charge in [0.2, 0.25) is 0 Å². The van der Waals surface area contributed by atoms with Gasteiger partial charge in [0.15, 0.2) is 11.5 Å². The molecule has 0 saturated carbocycles. The molecule has 0 atom stereocenters. The Balaban J connectivity index is 1.96. The highest BCUT2D eigenvalue weighted by Crippen LogP contribution is 2.33. The standard InChI is InChI=1S/C17H16F3N5O2/c1-8-23-11-6-13(27-2)12(26)5-10(11)16(24-8)22-7-9-3-14(17(18,19)20)25-15(21)4-9/h3-6,26H,7H2,1-2H3,(H2,21,25)(H,22,23,24). The molecule has 0 amide bonds. The van der Waals surface area contributed by atoms with Crippen molar-refractivity contribution < 1.29 is 23.0 Å². The van der Waals surface area contributed by atoms with Crippen LogP contribution in [0, 0.1) is 6.92 Å². The van der Waals surface area contributed by atoms with Crippen molar-refractivity contribution >= 4 is 22.5 Å². The number of nitrogens with zero attached hydrogens (tertiary/aromatic N) is 3. The number of phenolic OH excluding ortho intramolecular Hbond substituents is 1. The third-order valence-corrected chi connectivity index (χ3v) is 3.76. The zero-order valence-electron chi connectivity index (χ0n) is 14.4. The number of nitrogens with one attached hydrogen (secondary N) is 1. The first-order valence-corrected chi connectivity index (χ1v) is 7.80. The minimum absolute atomic E-state index is 0.0220. The van der Waals surface area contributed by atoms with Crippen molar-refractivity contribution in [2.75, 3.05) is 18.2 Å². The van der Waals surface area contributed by atoms with E-state index in [1.165, 1.54) is 19.2 Å². The summed E-state index contributed by atoms with van der Waals surface area (Å²) in [7, 11) is 1.42. The summed E-state index contributed by atoms with van der Waals surface area (Å²) >= 11 is 0. The van der Waals surface area contributed by atoms with Crippen LogP contribution in [0.1, 0.15) is 17.1 Å². The van der Waals surface area contributed by atoms with Gasteiger partial charge in [-0.25, -0.2) is 15.0 Å². The van der Waals surface area contributed by atoms with Crippen LogP contribution in [0.25, 0.3) is 10.9 Å². The highest BCUT2D eigenvalue weighted by atomic mass is 19.4. The molecule has 0 spiro atoms. The lowest BCUT2D eigenvalue weighted by atomic mass is 10.2. The van der Waals surface area contributed by atoms with Crippen LogP contribution in [0.15, 0.2) is 24.3 Å².